The Hall–Kier alpha value is -3.08. The zero-order valence-corrected chi connectivity index (χ0v) is 17.6. The predicted molar refractivity (Wildman–Crippen MR) is 113 cm³/mol. The number of aryl methyl sites for hydroxylation is 1. The van der Waals surface area contributed by atoms with Gasteiger partial charge in [0.25, 0.3) is 5.91 Å². The molecule has 0 radical (unpaired) electrons. The first-order chi connectivity index (χ1) is 14.7. The van der Waals surface area contributed by atoms with Crippen LogP contribution in [0.5, 0.6) is 11.6 Å². The van der Waals surface area contributed by atoms with Crippen LogP contribution in [-0.4, -0.2) is 52.3 Å². The molecule has 9 nitrogen and oxygen atoms in total. The average Bonchev–Trinajstić information content (AvgIpc) is 2.73. The molecule has 2 aromatic rings. The topological polar surface area (TPSA) is 153 Å². The number of aliphatic imine (C=N–C) groups is 1. The smallest absolute Gasteiger partial charge is 0.280 e. The van der Waals surface area contributed by atoms with Crippen LogP contribution in [0.15, 0.2) is 29.4 Å². The summed E-state index contributed by atoms with van der Waals surface area (Å²) < 4.78 is 25.1. The third-order valence-electron chi connectivity index (χ3n) is 4.15. The van der Waals surface area contributed by atoms with Gasteiger partial charge in [0.15, 0.2) is 11.6 Å². The van der Waals surface area contributed by atoms with Gasteiger partial charge >= 0.3 is 0 Å². The van der Waals surface area contributed by atoms with Crippen LogP contribution in [-0.2, 0) is 6.61 Å². The lowest BCUT2D eigenvalue weighted by atomic mass is 10.1. The second-order valence-electron chi connectivity index (χ2n) is 7.17. The van der Waals surface area contributed by atoms with Crippen molar-refractivity contribution in [1.82, 2.24) is 4.98 Å². The van der Waals surface area contributed by atoms with Crippen molar-refractivity contribution < 1.29 is 28.9 Å². The van der Waals surface area contributed by atoms with Gasteiger partial charge in [0.1, 0.15) is 12.4 Å². The number of aliphatic hydroxyl groups is 2. The number of carbonyl (C=O) groups excluding carboxylic acids is 1. The Bertz CT molecular complexity index is 965. The summed E-state index contributed by atoms with van der Waals surface area (Å²) in [4.78, 5) is 20.4. The molecule has 0 aliphatic heterocycles. The monoisotopic (exact) mass is 434 g/mol. The molecule has 0 saturated carbocycles. The number of hydrogen-bond donors (Lipinski definition) is 4. The number of rotatable bonds is 9. The Balaban J connectivity index is 2.26. The molecule has 1 atom stereocenters. The van der Waals surface area contributed by atoms with Crippen molar-refractivity contribution in [3.63, 3.8) is 0 Å². The molecule has 2 rings (SSSR count). The number of pyridine rings is 1. The number of nitrogens with two attached hydrogens (primary N) is 2. The molecule has 1 aromatic heterocycles. The van der Waals surface area contributed by atoms with Gasteiger partial charge in [0.05, 0.1) is 30.9 Å². The molecule has 1 amide bonds. The van der Waals surface area contributed by atoms with Crippen LogP contribution in [0.1, 0.15) is 40.9 Å². The molecule has 1 aromatic carbocycles. The Morgan fingerprint density at radius 2 is 2.00 bits per heavy atom. The van der Waals surface area contributed by atoms with E-state index >= 15 is 0 Å². The molecule has 1 unspecified atom stereocenters. The summed E-state index contributed by atoms with van der Waals surface area (Å²) in [6.45, 7) is 4.55. The number of carbonyl (C=O) groups is 1. The fourth-order valence-electron chi connectivity index (χ4n) is 2.58. The fraction of sp³-hybridized carbons (Fsp3) is 0.381. The van der Waals surface area contributed by atoms with E-state index in [0.29, 0.717) is 11.1 Å². The Morgan fingerprint density at radius 1 is 1.29 bits per heavy atom. The summed E-state index contributed by atoms with van der Waals surface area (Å²) in [5.41, 5.74) is 12.7. The van der Waals surface area contributed by atoms with E-state index in [9.17, 15) is 14.3 Å². The molecular formula is C21H27FN4O5. The molecule has 168 valence electrons. The number of aromatic nitrogens is 1. The standard InChI is InChI=1S/C21H27FN4O5/c1-11(2)31-21-14(8-27)5-13(7-25-21)20(29)26-19(24)16-6-17(22)18(4-12(16)3)30-10-15(23)9-28/h4-7,11,15,27-28H,8-10,23H2,1-3H3,(H2,24,26,29). The number of ether oxygens (including phenoxy) is 2. The van der Waals surface area contributed by atoms with Gasteiger partial charge in [-0.05, 0) is 44.5 Å². The van der Waals surface area contributed by atoms with E-state index < -0.39 is 17.8 Å². The quantitative estimate of drug-likeness (QED) is 0.337. The molecular weight excluding hydrogens is 407 g/mol. The number of amidine groups is 1. The minimum absolute atomic E-state index is 0.0539. The van der Waals surface area contributed by atoms with Gasteiger partial charge in [-0.3, -0.25) is 4.79 Å². The molecule has 31 heavy (non-hydrogen) atoms. The first-order valence-corrected chi connectivity index (χ1v) is 9.60. The van der Waals surface area contributed by atoms with Gasteiger partial charge in [0, 0.05) is 17.3 Å². The first-order valence-electron chi connectivity index (χ1n) is 9.60. The van der Waals surface area contributed by atoms with Crippen LogP contribution in [0.2, 0.25) is 0 Å². The molecule has 10 heteroatoms. The van der Waals surface area contributed by atoms with Crippen molar-refractivity contribution in [3.8, 4) is 11.6 Å². The van der Waals surface area contributed by atoms with Crippen molar-refractivity contribution >= 4 is 11.7 Å². The van der Waals surface area contributed by atoms with E-state index in [1.54, 1.807) is 6.92 Å². The lowest BCUT2D eigenvalue weighted by Crippen LogP contribution is -2.31. The predicted octanol–water partition coefficient (Wildman–Crippen LogP) is 1.05. The van der Waals surface area contributed by atoms with Crippen LogP contribution in [0.4, 0.5) is 4.39 Å². The zero-order chi connectivity index (χ0) is 23.1. The average molecular weight is 434 g/mol. The Labute approximate surface area is 179 Å². The van der Waals surface area contributed by atoms with E-state index in [4.69, 9.17) is 26.0 Å². The van der Waals surface area contributed by atoms with Crippen molar-refractivity contribution in [2.75, 3.05) is 13.2 Å². The summed E-state index contributed by atoms with van der Waals surface area (Å²) in [6, 6.07) is 3.29. The molecule has 0 saturated heterocycles. The van der Waals surface area contributed by atoms with Gasteiger partial charge in [0.2, 0.25) is 5.88 Å². The van der Waals surface area contributed by atoms with Crippen LogP contribution >= 0.6 is 0 Å². The van der Waals surface area contributed by atoms with E-state index in [-0.39, 0.29) is 54.5 Å². The summed E-state index contributed by atoms with van der Waals surface area (Å²) in [7, 11) is 0. The summed E-state index contributed by atoms with van der Waals surface area (Å²) >= 11 is 0. The summed E-state index contributed by atoms with van der Waals surface area (Å²) in [5, 5.41) is 18.4. The summed E-state index contributed by atoms with van der Waals surface area (Å²) in [5.74, 6) is -1.43. The van der Waals surface area contributed by atoms with Gasteiger partial charge in [-0.2, -0.15) is 4.99 Å². The van der Waals surface area contributed by atoms with E-state index in [1.807, 2.05) is 13.8 Å². The molecule has 0 fully saturated rings. The lowest BCUT2D eigenvalue weighted by Gasteiger charge is -2.14. The van der Waals surface area contributed by atoms with Gasteiger partial charge in [-0.25, -0.2) is 9.37 Å². The number of hydrogen-bond acceptors (Lipinski definition) is 7. The highest BCUT2D eigenvalue weighted by molar-refractivity contribution is 6.09. The van der Waals surface area contributed by atoms with Crippen molar-refractivity contribution in [3.05, 3.63) is 52.5 Å². The van der Waals surface area contributed by atoms with Crippen LogP contribution < -0.4 is 20.9 Å². The van der Waals surface area contributed by atoms with E-state index in [1.165, 1.54) is 18.3 Å². The highest BCUT2D eigenvalue weighted by Gasteiger charge is 2.16. The highest BCUT2D eigenvalue weighted by Crippen LogP contribution is 2.23. The molecule has 0 aliphatic carbocycles. The van der Waals surface area contributed by atoms with Crippen LogP contribution in [0, 0.1) is 12.7 Å². The Morgan fingerprint density at radius 3 is 2.61 bits per heavy atom. The van der Waals surface area contributed by atoms with Gasteiger partial charge in [-0.15, -0.1) is 0 Å². The third kappa shape index (κ3) is 6.45. The Kier molecular flexibility index (Phi) is 8.43. The number of benzene rings is 1. The first kappa shape index (κ1) is 24.2. The number of nitrogens with zero attached hydrogens (tertiary/aromatic N) is 2. The maximum atomic E-state index is 14.4. The minimum atomic E-state index is -0.712. The second kappa shape index (κ2) is 10.8. The maximum absolute atomic E-state index is 14.4. The fourth-order valence-corrected chi connectivity index (χ4v) is 2.58. The minimum Gasteiger partial charge on any atom is -0.489 e. The van der Waals surface area contributed by atoms with E-state index in [2.05, 4.69) is 9.98 Å². The molecule has 1 heterocycles. The highest BCUT2D eigenvalue weighted by atomic mass is 19.1. The number of halogens is 1. The third-order valence-corrected chi connectivity index (χ3v) is 4.15. The second-order valence-corrected chi connectivity index (χ2v) is 7.17. The van der Waals surface area contributed by atoms with Crippen LogP contribution in [0.25, 0.3) is 0 Å². The van der Waals surface area contributed by atoms with Crippen molar-refractivity contribution in [2.45, 2.75) is 39.5 Å². The molecule has 0 spiro atoms. The lowest BCUT2D eigenvalue weighted by molar-refractivity contribution is 0.100. The normalized spacial score (nSPS) is 12.7. The van der Waals surface area contributed by atoms with Gasteiger partial charge in [-0.1, -0.05) is 0 Å². The number of aliphatic hydroxyl groups excluding tert-OH is 2. The summed E-state index contributed by atoms with van der Waals surface area (Å²) in [6.07, 6.45) is 1.11. The van der Waals surface area contributed by atoms with Gasteiger partial charge < -0.3 is 31.2 Å². The van der Waals surface area contributed by atoms with Crippen LogP contribution in [0.3, 0.4) is 0 Å². The SMILES string of the molecule is Cc1cc(OCC(N)CO)c(F)cc1C(N)=NC(=O)c1cnc(OC(C)C)c(CO)c1. The zero-order valence-electron chi connectivity index (χ0n) is 17.6. The largest absolute Gasteiger partial charge is 0.489 e. The molecule has 0 aliphatic rings. The maximum Gasteiger partial charge on any atom is 0.280 e. The van der Waals surface area contributed by atoms with Crippen molar-refractivity contribution in [2.24, 2.45) is 16.5 Å². The number of amides is 1. The van der Waals surface area contributed by atoms with Crippen molar-refractivity contribution in [1.29, 1.82) is 0 Å². The molecule has 6 N–H and O–H groups in total. The van der Waals surface area contributed by atoms with E-state index in [0.717, 1.165) is 6.07 Å². The molecule has 0 bridgehead atoms.